The molecule has 1 saturated heterocycles. The molecule has 2 rings (SSSR count). The van der Waals surface area contributed by atoms with Gasteiger partial charge >= 0.3 is 0 Å². The molecule has 1 N–H and O–H groups in total. The predicted octanol–water partition coefficient (Wildman–Crippen LogP) is 0.120. The molecule has 0 unspecified atom stereocenters. The second-order valence-corrected chi connectivity index (χ2v) is 7.01. The molecule has 1 heterocycles. The summed E-state index contributed by atoms with van der Waals surface area (Å²) in [6.07, 6.45) is 0.939. The number of likely N-dealkylation sites (tertiary alicyclic amines) is 1. The highest BCUT2D eigenvalue weighted by Gasteiger charge is 2.35. The molecule has 0 aromatic heterocycles. The average molecular weight is 326 g/mol. The van der Waals surface area contributed by atoms with Gasteiger partial charge in [0.1, 0.15) is 5.75 Å². The normalized spacial score (nSPS) is 18.4. The SMILES string of the molecule is COc1ccc(CN2C[C@@H](C(=O)NS(C)(=O)=O)CC2=O)cc1. The predicted molar refractivity (Wildman–Crippen MR) is 79.5 cm³/mol. The molecule has 0 aliphatic carbocycles. The van der Waals surface area contributed by atoms with Crippen molar-refractivity contribution in [1.29, 1.82) is 0 Å². The van der Waals surface area contributed by atoms with Crippen LogP contribution in [0.5, 0.6) is 5.75 Å². The molecule has 0 radical (unpaired) electrons. The van der Waals surface area contributed by atoms with Gasteiger partial charge in [0.25, 0.3) is 0 Å². The van der Waals surface area contributed by atoms with Crippen LogP contribution in [0, 0.1) is 5.92 Å². The third-order valence-electron chi connectivity index (χ3n) is 3.40. The number of carbonyl (C=O) groups is 2. The van der Waals surface area contributed by atoms with Crippen LogP contribution in [0.4, 0.5) is 0 Å². The summed E-state index contributed by atoms with van der Waals surface area (Å²) in [4.78, 5) is 25.3. The standard InChI is InChI=1S/C14H18N2O5S/c1-21-12-5-3-10(4-6-12)8-16-9-11(7-13(16)17)14(18)15-22(2,19)20/h3-6,11H,7-9H2,1-2H3,(H,15,18)/t11-/m0/s1. The number of sulfonamides is 1. The molecule has 0 bridgehead atoms. The van der Waals surface area contributed by atoms with Crippen LogP contribution >= 0.6 is 0 Å². The fourth-order valence-electron chi connectivity index (χ4n) is 2.32. The summed E-state index contributed by atoms with van der Waals surface area (Å²) >= 11 is 0. The van der Waals surface area contributed by atoms with Gasteiger partial charge in [0, 0.05) is 19.5 Å². The Hall–Kier alpha value is -2.09. The zero-order valence-corrected chi connectivity index (χ0v) is 13.2. The van der Waals surface area contributed by atoms with Crippen molar-refractivity contribution >= 4 is 21.8 Å². The van der Waals surface area contributed by atoms with E-state index in [4.69, 9.17) is 4.74 Å². The molecule has 0 saturated carbocycles. The first-order valence-electron chi connectivity index (χ1n) is 6.71. The van der Waals surface area contributed by atoms with E-state index in [2.05, 4.69) is 0 Å². The molecule has 7 nitrogen and oxygen atoms in total. The quantitative estimate of drug-likeness (QED) is 0.829. The van der Waals surface area contributed by atoms with E-state index < -0.39 is 21.8 Å². The maximum absolute atomic E-state index is 12.0. The zero-order valence-electron chi connectivity index (χ0n) is 12.4. The highest BCUT2D eigenvalue weighted by Crippen LogP contribution is 2.21. The van der Waals surface area contributed by atoms with Gasteiger partial charge in [-0.3, -0.25) is 14.3 Å². The molecular formula is C14H18N2O5S. The Balaban J connectivity index is 1.98. The van der Waals surface area contributed by atoms with Gasteiger partial charge in [-0.15, -0.1) is 0 Å². The van der Waals surface area contributed by atoms with Crippen molar-refractivity contribution in [2.24, 2.45) is 5.92 Å². The number of ether oxygens (including phenoxy) is 1. The minimum atomic E-state index is -3.61. The van der Waals surface area contributed by atoms with Crippen molar-refractivity contribution in [3.63, 3.8) is 0 Å². The lowest BCUT2D eigenvalue weighted by molar-refractivity contribution is -0.129. The van der Waals surface area contributed by atoms with E-state index >= 15 is 0 Å². The lowest BCUT2D eigenvalue weighted by Crippen LogP contribution is -2.36. The maximum atomic E-state index is 12.0. The lowest BCUT2D eigenvalue weighted by Gasteiger charge is -2.16. The first kappa shape index (κ1) is 16.3. The number of rotatable bonds is 5. The van der Waals surface area contributed by atoms with Gasteiger partial charge in [-0.05, 0) is 17.7 Å². The van der Waals surface area contributed by atoms with Crippen LogP contribution in [-0.4, -0.2) is 45.0 Å². The van der Waals surface area contributed by atoms with E-state index in [9.17, 15) is 18.0 Å². The molecule has 0 spiro atoms. The average Bonchev–Trinajstić information content (AvgIpc) is 2.79. The summed E-state index contributed by atoms with van der Waals surface area (Å²) in [6.45, 7) is 0.595. The highest BCUT2D eigenvalue weighted by molar-refractivity contribution is 7.89. The van der Waals surface area contributed by atoms with E-state index in [1.54, 1.807) is 24.1 Å². The van der Waals surface area contributed by atoms with Crippen LogP contribution in [0.25, 0.3) is 0 Å². The van der Waals surface area contributed by atoms with Crippen LogP contribution < -0.4 is 9.46 Å². The largest absolute Gasteiger partial charge is 0.497 e. The number of benzene rings is 1. The molecule has 1 aliphatic heterocycles. The van der Waals surface area contributed by atoms with Crippen molar-refractivity contribution in [3.8, 4) is 5.75 Å². The van der Waals surface area contributed by atoms with E-state index in [1.807, 2.05) is 16.9 Å². The minimum absolute atomic E-state index is 0.0253. The summed E-state index contributed by atoms with van der Waals surface area (Å²) in [5.74, 6) is -0.708. The molecule has 22 heavy (non-hydrogen) atoms. The van der Waals surface area contributed by atoms with Gasteiger partial charge in [0.15, 0.2) is 0 Å². The van der Waals surface area contributed by atoms with Crippen LogP contribution in [0.2, 0.25) is 0 Å². The summed E-state index contributed by atoms with van der Waals surface area (Å²) < 4.78 is 29.1. The van der Waals surface area contributed by atoms with Gasteiger partial charge in [0.2, 0.25) is 21.8 Å². The van der Waals surface area contributed by atoms with Gasteiger partial charge in [0.05, 0.1) is 19.3 Å². The Morgan fingerprint density at radius 3 is 2.55 bits per heavy atom. The number of carbonyl (C=O) groups excluding carboxylic acids is 2. The van der Waals surface area contributed by atoms with Crippen molar-refractivity contribution in [2.75, 3.05) is 19.9 Å². The molecule has 2 amide bonds. The van der Waals surface area contributed by atoms with Crippen LogP contribution in [-0.2, 0) is 26.2 Å². The van der Waals surface area contributed by atoms with Crippen molar-refractivity contribution in [1.82, 2.24) is 9.62 Å². The number of amides is 2. The number of nitrogens with one attached hydrogen (secondary N) is 1. The Kier molecular flexibility index (Phi) is 4.70. The van der Waals surface area contributed by atoms with Crippen molar-refractivity contribution in [3.05, 3.63) is 29.8 Å². The Morgan fingerprint density at radius 2 is 2.00 bits per heavy atom. The van der Waals surface area contributed by atoms with Crippen LogP contribution in [0.15, 0.2) is 24.3 Å². The highest BCUT2D eigenvalue weighted by atomic mass is 32.2. The molecule has 1 aromatic carbocycles. The first-order valence-corrected chi connectivity index (χ1v) is 8.60. The van der Waals surface area contributed by atoms with E-state index in [-0.39, 0.29) is 18.9 Å². The van der Waals surface area contributed by atoms with E-state index in [0.717, 1.165) is 17.6 Å². The summed E-state index contributed by atoms with van der Waals surface area (Å²) in [5, 5.41) is 0. The molecule has 1 atom stereocenters. The molecular weight excluding hydrogens is 308 g/mol. The van der Waals surface area contributed by atoms with Crippen molar-refractivity contribution in [2.45, 2.75) is 13.0 Å². The summed E-state index contributed by atoms with van der Waals surface area (Å²) in [6, 6.07) is 7.28. The number of methoxy groups -OCH3 is 1. The van der Waals surface area contributed by atoms with E-state index in [1.165, 1.54) is 0 Å². The summed E-state index contributed by atoms with van der Waals surface area (Å²) in [5.41, 5.74) is 0.915. The summed E-state index contributed by atoms with van der Waals surface area (Å²) in [7, 11) is -2.03. The number of hydrogen-bond donors (Lipinski definition) is 1. The second kappa shape index (κ2) is 6.35. The van der Waals surface area contributed by atoms with Crippen LogP contribution in [0.1, 0.15) is 12.0 Å². The van der Waals surface area contributed by atoms with Crippen molar-refractivity contribution < 1.29 is 22.7 Å². The smallest absolute Gasteiger partial charge is 0.238 e. The second-order valence-electron chi connectivity index (χ2n) is 5.26. The lowest BCUT2D eigenvalue weighted by atomic mass is 10.1. The molecule has 8 heteroatoms. The van der Waals surface area contributed by atoms with Gasteiger partial charge in [-0.25, -0.2) is 8.42 Å². The van der Waals surface area contributed by atoms with Gasteiger partial charge in [-0.2, -0.15) is 0 Å². The molecule has 1 fully saturated rings. The third-order valence-corrected chi connectivity index (χ3v) is 3.98. The maximum Gasteiger partial charge on any atom is 0.238 e. The minimum Gasteiger partial charge on any atom is -0.497 e. The molecule has 1 aromatic rings. The zero-order chi connectivity index (χ0) is 16.3. The fourth-order valence-corrected chi connectivity index (χ4v) is 2.85. The Bertz CT molecular complexity index is 669. The fraction of sp³-hybridized carbons (Fsp3) is 0.429. The molecule has 120 valence electrons. The Labute approximate surface area is 129 Å². The Morgan fingerprint density at radius 1 is 1.36 bits per heavy atom. The molecule has 1 aliphatic rings. The topological polar surface area (TPSA) is 92.8 Å². The first-order chi connectivity index (χ1) is 10.3. The number of hydrogen-bond acceptors (Lipinski definition) is 5. The van der Waals surface area contributed by atoms with Gasteiger partial charge in [-0.1, -0.05) is 12.1 Å². The monoisotopic (exact) mass is 326 g/mol. The third kappa shape index (κ3) is 4.20. The number of nitrogens with zero attached hydrogens (tertiary/aromatic N) is 1. The van der Waals surface area contributed by atoms with Crippen LogP contribution in [0.3, 0.4) is 0 Å². The van der Waals surface area contributed by atoms with Gasteiger partial charge < -0.3 is 9.64 Å². The van der Waals surface area contributed by atoms with E-state index in [0.29, 0.717) is 6.54 Å².